The number of hydrogen-bond acceptors (Lipinski definition) is 5. The second-order valence-electron chi connectivity index (χ2n) is 8.65. The summed E-state index contributed by atoms with van der Waals surface area (Å²) in [4.78, 5) is 41.2. The lowest BCUT2D eigenvalue weighted by Gasteiger charge is -2.31. The summed E-state index contributed by atoms with van der Waals surface area (Å²) < 4.78 is 6.01. The van der Waals surface area contributed by atoms with Crippen molar-refractivity contribution in [3.63, 3.8) is 0 Å². The molecule has 0 saturated carbocycles. The van der Waals surface area contributed by atoms with Gasteiger partial charge < -0.3 is 9.64 Å². The molecule has 4 rings (SSSR count). The van der Waals surface area contributed by atoms with E-state index in [1.807, 2.05) is 49.4 Å². The largest absolute Gasteiger partial charge is 0.488 e. The summed E-state index contributed by atoms with van der Waals surface area (Å²) in [6.45, 7) is 5.75. The first-order valence-corrected chi connectivity index (χ1v) is 12.0. The van der Waals surface area contributed by atoms with Crippen LogP contribution in [-0.2, 0) is 16.2 Å². The smallest absolute Gasteiger partial charge is 0.294 e. The summed E-state index contributed by atoms with van der Waals surface area (Å²) in [7, 11) is 0. The average Bonchev–Trinajstić information content (AvgIpc) is 3.06. The van der Waals surface area contributed by atoms with Crippen molar-refractivity contribution in [2.45, 2.75) is 33.3 Å². The number of hydrogen-bond donors (Lipinski definition) is 0. The van der Waals surface area contributed by atoms with Gasteiger partial charge in [-0.05, 0) is 55.2 Å². The molecule has 0 bridgehead atoms. The number of thioether (sulfide) groups is 1. The Hall–Kier alpha value is -3.06. The molecular weight excluding hydrogens is 436 g/mol. The number of amides is 3. The SMILES string of the molecule is Cc1cccc(COc2ccccc2/C=C2/SC(=O)N(CC(=O)N3CCC(C)CC3)C2=O)c1. The van der Waals surface area contributed by atoms with Crippen molar-refractivity contribution in [1.29, 1.82) is 0 Å². The maximum atomic E-state index is 12.9. The normalized spacial score (nSPS) is 18.3. The fourth-order valence-electron chi connectivity index (χ4n) is 3.97. The monoisotopic (exact) mass is 464 g/mol. The number of aryl methyl sites for hydroxylation is 1. The van der Waals surface area contributed by atoms with Crippen LogP contribution in [-0.4, -0.2) is 46.5 Å². The molecule has 0 aromatic heterocycles. The maximum absolute atomic E-state index is 12.9. The molecule has 0 radical (unpaired) electrons. The van der Waals surface area contributed by atoms with Gasteiger partial charge in [0, 0.05) is 18.7 Å². The summed E-state index contributed by atoms with van der Waals surface area (Å²) in [5.41, 5.74) is 2.93. The van der Waals surface area contributed by atoms with Crippen LogP contribution in [0.3, 0.4) is 0 Å². The molecule has 2 saturated heterocycles. The van der Waals surface area contributed by atoms with Crippen LogP contribution in [0, 0.1) is 12.8 Å². The number of carbonyl (C=O) groups excluding carboxylic acids is 3. The Morgan fingerprint density at radius 2 is 1.88 bits per heavy atom. The highest BCUT2D eigenvalue weighted by Gasteiger charge is 2.37. The molecule has 0 N–H and O–H groups in total. The second kappa shape index (κ2) is 10.3. The Morgan fingerprint density at radius 1 is 1.12 bits per heavy atom. The van der Waals surface area contributed by atoms with Gasteiger partial charge in [-0.1, -0.05) is 55.0 Å². The zero-order valence-electron chi connectivity index (χ0n) is 19.0. The van der Waals surface area contributed by atoms with E-state index in [1.54, 1.807) is 11.0 Å². The topological polar surface area (TPSA) is 66.9 Å². The molecule has 33 heavy (non-hydrogen) atoms. The third-order valence-electron chi connectivity index (χ3n) is 5.99. The van der Waals surface area contributed by atoms with Gasteiger partial charge in [0.15, 0.2) is 0 Å². The van der Waals surface area contributed by atoms with Crippen LogP contribution in [0.4, 0.5) is 4.79 Å². The molecule has 0 unspecified atom stereocenters. The average molecular weight is 465 g/mol. The van der Waals surface area contributed by atoms with Crippen molar-refractivity contribution in [2.75, 3.05) is 19.6 Å². The van der Waals surface area contributed by atoms with Crippen molar-refractivity contribution < 1.29 is 19.1 Å². The molecule has 2 aromatic rings. The van der Waals surface area contributed by atoms with E-state index in [-0.39, 0.29) is 12.5 Å². The minimum Gasteiger partial charge on any atom is -0.488 e. The van der Waals surface area contributed by atoms with Crippen LogP contribution in [0.2, 0.25) is 0 Å². The van der Waals surface area contributed by atoms with Gasteiger partial charge in [0.05, 0.1) is 4.91 Å². The predicted octanol–water partition coefficient (Wildman–Crippen LogP) is 4.87. The first kappa shape index (κ1) is 23.1. The Kier molecular flexibility index (Phi) is 7.18. The number of benzene rings is 2. The fraction of sp³-hybridized carbons (Fsp3) is 0.346. The Labute approximate surface area is 198 Å². The molecule has 2 fully saturated rings. The highest BCUT2D eigenvalue weighted by atomic mass is 32.2. The van der Waals surface area contributed by atoms with E-state index in [2.05, 4.69) is 13.0 Å². The van der Waals surface area contributed by atoms with Crippen LogP contribution in [0.25, 0.3) is 6.08 Å². The van der Waals surface area contributed by atoms with Crippen LogP contribution in [0.1, 0.15) is 36.5 Å². The minimum absolute atomic E-state index is 0.174. The van der Waals surface area contributed by atoms with Crippen molar-refractivity contribution in [3.05, 3.63) is 70.1 Å². The lowest BCUT2D eigenvalue weighted by Crippen LogP contribution is -2.45. The van der Waals surface area contributed by atoms with Crippen molar-refractivity contribution >= 4 is 34.9 Å². The minimum atomic E-state index is -0.433. The van der Waals surface area contributed by atoms with E-state index in [1.165, 1.54) is 0 Å². The van der Waals surface area contributed by atoms with E-state index in [0.29, 0.717) is 41.8 Å². The van der Waals surface area contributed by atoms with Crippen LogP contribution >= 0.6 is 11.8 Å². The van der Waals surface area contributed by atoms with Gasteiger partial charge >= 0.3 is 0 Å². The number of imide groups is 1. The quantitative estimate of drug-likeness (QED) is 0.571. The highest BCUT2D eigenvalue weighted by Crippen LogP contribution is 2.34. The predicted molar refractivity (Wildman–Crippen MR) is 130 cm³/mol. The van der Waals surface area contributed by atoms with Crippen molar-refractivity contribution in [2.24, 2.45) is 5.92 Å². The van der Waals surface area contributed by atoms with E-state index in [0.717, 1.165) is 40.6 Å². The molecule has 0 spiro atoms. The summed E-state index contributed by atoms with van der Waals surface area (Å²) in [6.07, 6.45) is 3.57. The standard InChI is InChI=1S/C26H28N2O4S/c1-18-10-12-27(13-11-18)24(29)16-28-25(30)23(33-26(28)31)15-21-8-3-4-9-22(21)32-17-20-7-5-6-19(2)14-20/h3-9,14-15,18H,10-13,16-17H2,1-2H3/b23-15+. The second-order valence-corrected chi connectivity index (χ2v) is 9.64. The van der Waals surface area contributed by atoms with Gasteiger partial charge in [-0.2, -0.15) is 0 Å². The maximum Gasteiger partial charge on any atom is 0.294 e. The van der Waals surface area contributed by atoms with E-state index < -0.39 is 11.1 Å². The van der Waals surface area contributed by atoms with Crippen LogP contribution in [0.15, 0.2) is 53.4 Å². The van der Waals surface area contributed by atoms with Crippen molar-refractivity contribution in [1.82, 2.24) is 9.80 Å². The zero-order valence-corrected chi connectivity index (χ0v) is 19.8. The van der Waals surface area contributed by atoms with Crippen LogP contribution < -0.4 is 4.74 Å². The van der Waals surface area contributed by atoms with Gasteiger partial charge in [-0.15, -0.1) is 0 Å². The molecule has 2 heterocycles. The lowest BCUT2D eigenvalue weighted by molar-refractivity contribution is -0.136. The third-order valence-corrected chi connectivity index (χ3v) is 6.89. The Balaban J connectivity index is 1.44. The number of carbonyl (C=O) groups is 3. The number of rotatable bonds is 6. The van der Waals surface area contributed by atoms with Crippen molar-refractivity contribution in [3.8, 4) is 5.75 Å². The van der Waals surface area contributed by atoms with Crippen LogP contribution in [0.5, 0.6) is 5.75 Å². The molecule has 2 aliphatic heterocycles. The first-order chi connectivity index (χ1) is 15.9. The Bertz CT molecular complexity index is 1090. The van der Waals surface area contributed by atoms with E-state index in [4.69, 9.17) is 4.74 Å². The van der Waals surface area contributed by atoms with Gasteiger partial charge in [0.1, 0.15) is 18.9 Å². The number of para-hydroxylation sites is 1. The summed E-state index contributed by atoms with van der Waals surface area (Å²) in [6, 6.07) is 15.5. The molecule has 3 amide bonds. The molecule has 2 aromatic carbocycles. The molecule has 0 atom stereocenters. The summed E-state index contributed by atoms with van der Waals surface area (Å²) in [5.74, 6) is 0.622. The number of piperidine rings is 1. The molecule has 6 nitrogen and oxygen atoms in total. The molecule has 0 aliphatic carbocycles. The summed E-state index contributed by atoms with van der Waals surface area (Å²) >= 11 is 0.863. The third kappa shape index (κ3) is 5.66. The molecule has 7 heteroatoms. The zero-order chi connectivity index (χ0) is 23.4. The number of likely N-dealkylation sites (tertiary alicyclic amines) is 1. The van der Waals surface area contributed by atoms with Gasteiger partial charge in [-0.25, -0.2) is 0 Å². The highest BCUT2D eigenvalue weighted by molar-refractivity contribution is 8.18. The summed E-state index contributed by atoms with van der Waals surface area (Å²) in [5, 5.41) is -0.414. The first-order valence-electron chi connectivity index (χ1n) is 11.2. The van der Waals surface area contributed by atoms with Gasteiger partial charge in [0.2, 0.25) is 5.91 Å². The van der Waals surface area contributed by atoms with E-state index in [9.17, 15) is 14.4 Å². The van der Waals surface area contributed by atoms with E-state index >= 15 is 0 Å². The number of nitrogens with zero attached hydrogens (tertiary/aromatic N) is 2. The van der Waals surface area contributed by atoms with Gasteiger partial charge in [-0.3, -0.25) is 19.3 Å². The molecular formula is C26H28N2O4S. The fourth-order valence-corrected chi connectivity index (χ4v) is 4.79. The Morgan fingerprint density at radius 3 is 2.64 bits per heavy atom. The molecule has 172 valence electrons. The number of ether oxygens (including phenoxy) is 1. The molecule has 2 aliphatic rings. The van der Waals surface area contributed by atoms with Gasteiger partial charge in [0.25, 0.3) is 11.1 Å². The lowest BCUT2D eigenvalue weighted by atomic mass is 9.99.